The molecule has 6 heteroatoms. The second-order valence-electron chi connectivity index (χ2n) is 3.81. The molecular weight excluding hydrogens is 244 g/mol. The van der Waals surface area contributed by atoms with Crippen LogP contribution in [0.3, 0.4) is 0 Å². The predicted molar refractivity (Wildman–Crippen MR) is 71.6 cm³/mol. The van der Waals surface area contributed by atoms with Crippen molar-refractivity contribution in [2.45, 2.75) is 6.42 Å². The summed E-state index contributed by atoms with van der Waals surface area (Å²) < 4.78 is 10.2. The van der Waals surface area contributed by atoms with Crippen molar-refractivity contribution in [1.29, 1.82) is 0 Å². The Balaban J connectivity index is 1.95. The molecule has 0 atom stereocenters. The maximum absolute atomic E-state index is 5.08. The van der Waals surface area contributed by atoms with Gasteiger partial charge in [-0.2, -0.15) is 9.97 Å². The molecule has 6 nitrogen and oxygen atoms in total. The molecule has 0 aliphatic carbocycles. The summed E-state index contributed by atoms with van der Waals surface area (Å²) in [6, 6.07) is 5.58. The van der Waals surface area contributed by atoms with Gasteiger partial charge in [0.25, 0.3) is 0 Å². The topological polar surface area (TPSA) is 69.2 Å². The highest BCUT2D eigenvalue weighted by Crippen LogP contribution is 2.17. The molecule has 0 saturated carbocycles. The van der Waals surface area contributed by atoms with Gasteiger partial charge in [0.1, 0.15) is 0 Å². The van der Waals surface area contributed by atoms with Crippen LogP contribution in [-0.4, -0.2) is 35.7 Å². The molecule has 0 bridgehead atoms. The van der Waals surface area contributed by atoms with Gasteiger partial charge in [-0.3, -0.25) is 4.98 Å². The van der Waals surface area contributed by atoms with E-state index in [0.717, 1.165) is 12.0 Å². The third-order valence-electron chi connectivity index (χ3n) is 2.52. The molecule has 1 N–H and O–H groups in total. The maximum Gasteiger partial charge on any atom is 0.229 e. The lowest BCUT2D eigenvalue weighted by atomic mass is 10.2. The summed E-state index contributed by atoms with van der Waals surface area (Å²) in [5.41, 5.74) is 1.16. The first-order chi connectivity index (χ1) is 9.31. The summed E-state index contributed by atoms with van der Waals surface area (Å²) >= 11 is 0. The van der Waals surface area contributed by atoms with Gasteiger partial charge < -0.3 is 14.8 Å². The smallest absolute Gasteiger partial charge is 0.229 e. The normalized spacial score (nSPS) is 10.0. The van der Waals surface area contributed by atoms with Crippen LogP contribution in [0.1, 0.15) is 5.56 Å². The number of aromatic nitrogens is 3. The van der Waals surface area contributed by atoms with E-state index in [1.165, 1.54) is 0 Å². The predicted octanol–water partition coefficient (Wildman–Crippen LogP) is 1.54. The molecule has 2 rings (SSSR count). The Morgan fingerprint density at radius 2 is 1.89 bits per heavy atom. The van der Waals surface area contributed by atoms with Gasteiger partial charge in [0, 0.05) is 18.9 Å². The molecule has 0 aromatic carbocycles. The van der Waals surface area contributed by atoms with E-state index in [2.05, 4.69) is 20.3 Å². The Hall–Kier alpha value is -2.37. The molecule has 0 aliphatic heterocycles. The Morgan fingerprint density at radius 1 is 1.16 bits per heavy atom. The summed E-state index contributed by atoms with van der Waals surface area (Å²) in [5, 5.41) is 3.13. The molecule has 0 spiro atoms. The molecule has 0 unspecified atom stereocenters. The number of rotatable bonds is 6. The first-order valence-corrected chi connectivity index (χ1v) is 5.91. The summed E-state index contributed by atoms with van der Waals surface area (Å²) in [4.78, 5) is 12.4. The molecule has 0 aliphatic rings. The van der Waals surface area contributed by atoms with Gasteiger partial charge in [0.05, 0.1) is 20.3 Å². The summed E-state index contributed by atoms with van der Waals surface area (Å²) in [5.74, 6) is 1.42. The van der Waals surface area contributed by atoms with Gasteiger partial charge in [0.15, 0.2) is 0 Å². The van der Waals surface area contributed by atoms with E-state index >= 15 is 0 Å². The Kier molecular flexibility index (Phi) is 4.49. The van der Waals surface area contributed by atoms with Crippen molar-refractivity contribution < 1.29 is 9.47 Å². The van der Waals surface area contributed by atoms with E-state index in [0.29, 0.717) is 24.3 Å². The van der Waals surface area contributed by atoms with Gasteiger partial charge in [-0.05, 0) is 18.1 Å². The number of nitrogens with zero attached hydrogens (tertiary/aromatic N) is 3. The molecule has 100 valence electrons. The average Bonchev–Trinajstić information content (AvgIpc) is 2.48. The largest absolute Gasteiger partial charge is 0.481 e. The summed E-state index contributed by atoms with van der Waals surface area (Å²) in [6.07, 6.45) is 4.44. The lowest BCUT2D eigenvalue weighted by Gasteiger charge is -2.08. The third-order valence-corrected chi connectivity index (χ3v) is 2.52. The van der Waals surface area contributed by atoms with Crippen LogP contribution in [0.5, 0.6) is 11.8 Å². The highest BCUT2D eigenvalue weighted by Gasteiger charge is 2.04. The minimum absolute atomic E-state index is 0.468. The number of ether oxygens (including phenoxy) is 2. The second-order valence-corrected chi connectivity index (χ2v) is 3.81. The number of anilines is 1. The fourth-order valence-electron chi connectivity index (χ4n) is 1.56. The minimum Gasteiger partial charge on any atom is -0.481 e. The Labute approximate surface area is 111 Å². The zero-order chi connectivity index (χ0) is 13.5. The van der Waals surface area contributed by atoms with E-state index in [4.69, 9.17) is 9.47 Å². The van der Waals surface area contributed by atoms with Gasteiger partial charge in [-0.25, -0.2) is 0 Å². The van der Waals surface area contributed by atoms with E-state index < -0.39 is 0 Å². The molecule has 0 saturated heterocycles. The van der Waals surface area contributed by atoms with E-state index in [9.17, 15) is 0 Å². The number of pyridine rings is 1. The van der Waals surface area contributed by atoms with Gasteiger partial charge in [0.2, 0.25) is 17.7 Å². The van der Waals surface area contributed by atoms with Crippen LogP contribution in [-0.2, 0) is 6.42 Å². The fraction of sp³-hybridized carbons (Fsp3) is 0.308. The molecule has 0 radical (unpaired) electrons. The molecule has 2 heterocycles. The number of hydrogen-bond acceptors (Lipinski definition) is 6. The van der Waals surface area contributed by atoms with Crippen LogP contribution in [0, 0.1) is 0 Å². The van der Waals surface area contributed by atoms with Crippen molar-refractivity contribution >= 4 is 5.95 Å². The minimum atomic E-state index is 0.468. The number of hydrogen-bond donors (Lipinski definition) is 1. The maximum atomic E-state index is 5.08. The van der Waals surface area contributed by atoms with Crippen LogP contribution in [0.4, 0.5) is 5.95 Å². The number of methoxy groups -OCH3 is 2. The molecule has 0 fully saturated rings. The molecule has 19 heavy (non-hydrogen) atoms. The van der Waals surface area contributed by atoms with Gasteiger partial charge >= 0.3 is 0 Å². The highest BCUT2D eigenvalue weighted by molar-refractivity contribution is 5.33. The summed E-state index contributed by atoms with van der Waals surface area (Å²) in [6.45, 7) is 0.710. The molecule has 0 amide bonds. The van der Waals surface area contributed by atoms with Gasteiger partial charge in [-0.15, -0.1) is 0 Å². The summed E-state index contributed by atoms with van der Waals surface area (Å²) in [7, 11) is 3.11. The number of nitrogens with one attached hydrogen (secondary N) is 1. The van der Waals surface area contributed by atoms with Crippen molar-refractivity contribution in [2.24, 2.45) is 0 Å². The zero-order valence-electron chi connectivity index (χ0n) is 11.0. The monoisotopic (exact) mass is 260 g/mol. The lowest BCUT2D eigenvalue weighted by molar-refractivity contribution is 0.373. The first kappa shape index (κ1) is 13.1. The third kappa shape index (κ3) is 3.80. The van der Waals surface area contributed by atoms with Crippen molar-refractivity contribution in [1.82, 2.24) is 15.0 Å². The fourth-order valence-corrected chi connectivity index (χ4v) is 1.56. The average molecular weight is 260 g/mol. The van der Waals surface area contributed by atoms with Crippen LogP contribution >= 0.6 is 0 Å². The molecule has 2 aromatic rings. The Bertz CT molecular complexity index is 497. The van der Waals surface area contributed by atoms with Crippen LogP contribution in [0.15, 0.2) is 30.6 Å². The van der Waals surface area contributed by atoms with E-state index in [1.54, 1.807) is 26.5 Å². The van der Waals surface area contributed by atoms with Crippen molar-refractivity contribution in [3.63, 3.8) is 0 Å². The van der Waals surface area contributed by atoms with Crippen molar-refractivity contribution in [3.8, 4) is 11.8 Å². The second kappa shape index (κ2) is 6.53. The van der Waals surface area contributed by atoms with Crippen molar-refractivity contribution in [2.75, 3.05) is 26.1 Å². The van der Waals surface area contributed by atoms with Crippen LogP contribution in [0.25, 0.3) is 0 Å². The van der Waals surface area contributed by atoms with Crippen LogP contribution in [0.2, 0.25) is 0 Å². The highest BCUT2D eigenvalue weighted by atomic mass is 16.5. The SMILES string of the molecule is COc1cc(OC)nc(NCCc2cccnc2)n1. The van der Waals surface area contributed by atoms with E-state index in [-0.39, 0.29) is 0 Å². The van der Waals surface area contributed by atoms with E-state index in [1.807, 2.05) is 18.3 Å². The molecule has 2 aromatic heterocycles. The standard InChI is InChI=1S/C13H16N4O2/c1-18-11-8-12(19-2)17-13(16-11)15-7-5-10-4-3-6-14-9-10/h3-4,6,8-9H,5,7H2,1-2H3,(H,15,16,17). The quantitative estimate of drug-likeness (QED) is 0.849. The Morgan fingerprint density at radius 3 is 2.47 bits per heavy atom. The van der Waals surface area contributed by atoms with Crippen molar-refractivity contribution in [3.05, 3.63) is 36.2 Å². The molecular formula is C13H16N4O2. The first-order valence-electron chi connectivity index (χ1n) is 5.91. The van der Waals surface area contributed by atoms with Gasteiger partial charge in [-0.1, -0.05) is 6.07 Å². The van der Waals surface area contributed by atoms with Crippen LogP contribution < -0.4 is 14.8 Å². The zero-order valence-corrected chi connectivity index (χ0v) is 11.0. The lowest BCUT2D eigenvalue weighted by Crippen LogP contribution is -2.09.